The van der Waals surface area contributed by atoms with E-state index in [1.807, 2.05) is 4.90 Å². The summed E-state index contributed by atoms with van der Waals surface area (Å²) in [7, 11) is 0. The molecule has 0 saturated carbocycles. The minimum Gasteiger partial charge on any atom is -0.348 e. The number of hydrogen-bond donors (Lipinski definition) is 1. The number of piperazine rings is 1. The molecular formula is C33H40FN5O2. The van der Waals surface area contributed by atoms with Gasteiger partial charge in [-0.1, -0.05) is 55.8 Å². The van der Waals surface area contributed by atoms with E-state index >= 15 is 0 Å². The van der Waals surface area contributed by atoms with E-state index in [-0.39, 0.29) is 23.7 Å². The number of aromatic nitrogens is 1. The molecule has 8 heteroatoms. The molecule has 2 aliphatic heterocycles. The maximum Gasteiger partial charge on any atom is 0.270 e. The van der Waals surface area contributed by atoms with Crippen LogP contribution in [-0.2, 0) is 6.54 Å². The fraction of sp³-hybridized carbons (Fsp3) is 0.424. The van der Waals surface area contributed by atoms with Gasteiger partial charge in [-0.15, -0.1) is 0 Å². The van der Waals surface area contributed by atoms with Crippen LogP contribution in [0.1, 0.15) is 70.6 Å². The van der Waals surface area contributed by atoms with Gasteiger partial charge in [-0.3, -0.25) is 24.4 Å². The third-order valence-corrected chi connectivity index (χ3v) is 8.27. The van der Waals surface area contributed by atoms with E-state index in [0.29, 0.717) is 30.4 Å². The van der Waals surface area contributed by atoms with Crippen molar-refractivity contribution in [2.75, 3.05) is 39.3 Å². The zero-order valence-electron chi connectivity index (χ0n) is 23.8. The van der Waals surface area contributed by atoms with Crippen LogP contribution in [-0.4, -0.2) is 76.8 Å². The Morgan fingerprint density at radius 3 is 2.27 bits per heavy atom. The van der Waals surface area contributed by atoms with Crippen molar-refractivity contribution in [2.24, 2.45) is 0 Å². The van der Waals surface area contributed by atoms with Gasteiger partial charge >= 0.3 is 0 Å². The Balaban J connectivity index is 1.08. The predicted octanol–water partition coefficient (Wildman–Crippen LogP) is 4.91. The van der Waals surface area contributed by atoms with Gasteiger partial charge in [0.15, 0.2) is 0 Å². The molecule has 0 radical (unpaired) electrons. The molecule has 5 rings (SSSR count). The lowest BCUT2D eigenvalue weighted by atomic mass is 9.96. The Morgan fingerprint density at radius 1 is 0.927 bits per heavy atom. The first-order valence-electron chi connectivity index (χ1n) is 14.8. The number of likely N-dealkylation sites (tertiary alicyclic amines) is 1. The number of piperidine rings is 1. The summed E-state index contributed by atoms with van der Waals surface area (Å²) >= 11 is 0. The Morgan fingerprint density at radius 2 is 1.63 bits per heavy atom. The summed E-state index contributed by atoms with van der Waals surface area (Å²) in [5, 5.41) is 3.16. The lowest BCUT2D eigenvalue weighted by Crippen LogP contribution is -2.48. The third-order valence-electron chi connectivity index (χ3n) is 8.27. The molecule has 0 spiro atoms. The summed E-state index contributed by atoms with van der Waals surface area (Å²) in [6, 6.07) is 21.1. The first kappa shape index (κ1) is 28.9. The molecule has 2 saturated heterocycles. The summed E-state index contributed by atoms with van der Waals surface area (Å²) in [5.74, 6) is -0.495. The molecule has 1 N–H and O–H groups in total. The first-order chi connectivity index (χ1) is 20.0. The maximum absolute atomic E-state index is 13.2. The molecule has 7 nitrogen and oxygen atoms in total. The minimum absolute atomic E-state index is 0.0710. The first-order valence-corrected chi connectivity index (χ1v) is 14.8. The van der Waals surface area contributed by atoms with Crippen LogP contribution in [0, 0.1) is 5.82 Å². The van der Waals surface area contributed by atoms with Crippen LogP contribution in [0.3, 0.4) is 0 Å². The van der Waals surface area contributed by atoms with Gasteiger partial charge in [0, 0.05) is 64.1 Å². The van der Waals surface area contributed by atoms with Gasteiger partial charge in [-0.05, 0) is 54.7 Å². The largest absolute Gasteiger partial charge is 0.348 e. The number of halogens is 1. The van der Waals surface area contributed by atoms with Gasteiger partial charge in [0.1, 0.15) is 11.5 Å². The van der Waals surface area contributed by atoms with E-state index in [1.54, 1.807) is 24.3 Å². The second kappa shape index (κ2) is 13.8. The van der Waals surface area contributed by atoms with Gasteiger partial charge in [0.25, 0.3) is 11.8 Å². The highest BCUT2D eigenvalue weighted by Gasteiger charge is 2.27. The van der Waals surface area contributed by atoms with Crippen molar-refractivity contribution < 1.29 is 14.0 Å². The quantitative estimate of drug-likeness (QED) is 0.405. The fourth-order valence-electron chi connectivity index (χ4n) is 5.92. The van der Waals surface area contributed by atoms with Crippen molar-refractivity contribution >= 4 is 11.8 Å². The summed E-state index contributed by atoms with van der Waals surface area (Å²) < 4.78 is 13.2. The van der Waals surface area contributed by atoms with Gasteiger partial charge in [-0.25, -0.2) is 4.39 Å². The molecule has 3 heterocycles. The van der Waals surface area contributed by atoms with E-state index in [0.717, 1.165) is 64.0 Å². The molecule has 2 amide bonds. The van der Waals surface area contributed by atoms with Crippen molar-refractivity contribution in [3.8, 4) is 0 Å². The number of nitrogens with one attached hydrogen (secondary N) is 1. The van der Waals surface area contributed by atoms with Crippen molar-refractivity contribution in [1.82, 2.24) is 25.0 Å². The van der Waals surface area contributed by atoms with E-state index < -0.39 is 0 Å². The number of nitrogens with zero attached hydrogens (tertiary/aromatic N) is 4. The van der Waals surface area contributed by atoms with Crippen LogP contribution in [0.15, 0.2) is 72.9 Å². The molecule has 1 aromatic heterocycles. The van der Waals surface area contributed by atoms with Gasteiger partial charge in [0.2, 0.25) is 0 Å². The van der Waals surface area contributed by atoms with Crippen molar-refractivity contribution in [3.63, 3.8) is 0 Å². The molecule has 41 heavy (non-hydrogen) atoms. The molecule has 0 bridgehead atoms. The fourth-order valence-corrected chi connectivity index (χ4v) is 5.92. The Labute approximate surface area is 242 Å². The second-order valence-corrected chi connectivity index (χ2v) is 11.1. The van der Waals surface area contributed by atoms with Crippen LogP contribution in [0.25, 0.3) is 0 Å². The summed E-state index contributed by atoms with van der Waals surface area (Å²) in [4.78, 5) is 37.0. The number of carbonyl (C=O) groups excluding carboxylic acids is 2. The van der Waals surface area contributed by atoms with Gasteiger partial charge < -0.3 is 10.2 Å². The SMILES string of the molecule is CCCC(c1ccccc1)N1CCC(NC(=O)c2ccc(C(=O)N3CCN(Cc4ccc(F)cc4)CC3)cn2)CC1. The van der Waals surface area contributed by atoms with Crippen LogP contribution >= 0.6 is 0 Å². The second-order valence-electron chi connectivity index (χ2n) is 11.1. The average molecular weight is 558 g/mol. The number of hydrogen-bond acceptors (Lipinski definition) is 5. The normalized spacial score (nSPS) is 17.8. The van der Waals surface area contributed by atoms with Crippen LogP contribution in [0.4, 0.5) is 4.39 Å². The van der Waals surface area contributed by atoms with Crippen molar-refractivity contribution in [3.05, 3.63) is 101 Å². The van der Waals surface area contributed by atoms with Crippen molar-refractivity contribution in [2.45, 2.75) is 51.2 Å². The monoisotopic (exact) mass is 557 g/mol. The Kier molecular flexibility index (Phi) is 9.75. The molecule has 2 fully saturated rings. The molecule has 1 atom stereocenters. The predicted molar refractivity (Wildman–Crippen MR) is 158 cm³/mol. The number of rotatable bonds is 9. The highest BCUT2D eigenvalue weighted by atomic mass is 19.1. The molecule has 216 valence electrons. The number of benzene rings is 2. The zero-order valence-corrected chi connectivity index (χ0v) is 23.8. The topological polar surface area (TPSA) is 68.8 Å². The van der Waals surface area contributed by atoms with Gasteiger partial charge in [0.05, 0.1) is 5.56 Å². The van der Waals surface area contributed by atoms with Crippen LogP contribution in [0.5, 0.6) is 0 Å². The maximum atomic E-state index is 13.2. The number of amides is 2. The molecule has 3 aromatic rings. The number of carbonyl (C=O) groups is 2. The minimum atomic E-state index is -0.235. The molecule has 1 unspecified atom stereocenters. The van der Waals surface area contributed by atoms with E-state index in [2.05, 4.69) is 57.4 Å². The van der Waals surface area contributed by atoms with Crippen LogP contribution in [0.2, 0.25) is 0 Å². The Hall–Kier alpha value is -3.62. The highest BCUT2D eigenvalue weighted by Crippen LogP contribution is 2.28. The average Bonchev–Trinajstić information content (AvgIpc) is 3.02. The molecule has 2 aliphatic rings. The van der Waals surface area contributed by atoms with E-state index in [4.69, 9.17) is 0 Å². The van der Waals surface area contributed by atoms with Gasteiger partial charge in [-0.2, -0.15) is 0 Å². The smallest absolute Gasteiger partial charge is 0.270 e. The van der Waals surface area contributed by atoms with Crippen molar-refractivity contribution in [1.29, 1.82) is 0 Å². The Bertz CT molecular complexity index is 1270. The standard InChI is InChI=1S/C33H40FN5O2/c1-2-6-31(26-7-4-3-5-8-26)38-17-15-29(16-18-38)36-32(40)30-14-11-27(23-35-30)33(41)39-21-19-37(20-22-39)24-25-9-12-28(34)13-10-25/h3-5,7-14,23,29,31H,2,6,15-22,24H2,1H3,(H,36,40). The molecule has 2 aromatic carbocycles. The summed E-state index contributed by atoms with van der Waals surface area (Å²) in [6.45, 7) is 7.59. The van der Waals surface area contributed by atoms with E-state index in [1.165, 1.54) is 23.9 Å². The van der Waals surface area contributed by atoms with Crippen LogP contribution < -0.4 is 5.32 Å². The molecule has 0 aliphatic carbocycles. The number of pyridine rings is 1. The summed E-state index contributed by atoms with van der Waals surface area (Å²) in [5.41, 5.74) is 3.25. The summed E-state index contributed by atoms with van der Waals surface area (Å²) in [6.07, 6.45) is 5.58. The third kappa shape index (κ3) is 7.57. The zero-order chi connectivity index (χ0) is 28.6. The highest BCUT2D eigenvalue weighted by molar-refractivity contribution is 5.96. The molecular weight excluding hydrogens is 517 g/mol. The lowest BCUT2D eigenvalue weighted by Gasteiger charge is -2.38. The lowest BCUT2D eigenvalue weighted by molar-refractivity contribution is 0.0627. The van der Waals surface area contributed by atoms with E-state index in [9.17, 15) is 14.0 Å².